The molecule has 0 saturated carbocycles. The minimum atomic E-state index is -5.22. The fourth-order valence-corrected chi connectivity index (χ4v) is 6.18. The number of allylic oxidation sites excluding steroid dienone is 1. The predicted octanol–water partition coefficient (Wildman–Crippen LogP) is 0.608. The van der Waals surface area contributed by atoms with Crippen LogP contribution in [-0.4, -0.2) is 32.3 Å². The van der Waals surface area contributed by atoms with Gasteiger partial charge in [0.25, 0.3) is 0 Å². The molecule has 14 heteroatoms. The summed E-state index contributed by atoms with van der Waals surface area (Å²) < 4.78 is 35.8. The molecular formula is C8H19N2O9P3. The fraction of sp³-hybridized carbons (Fsp3) is 0.750. The van der Waals surface area contributed by atoms with E-state index in [0.717, 1.165) is 12.8 Å². The minimum absolute atomic E-state index is 0.354. The second-order valence-corrected chi connectivity index (χ2v) is 9.80. The van der Waals surface area contributed by atoms with E-state index in [2.05, 4.69) is 23.5 Å². The molecule has 0 aromatic heterocycles. The van der Waals surface area contributed by atoms with Crippen LogP contribution < -0.4 is 10.4 Å². The summed E-state index contributed by atoms with van der Waals surface area (Å²) in [6.07, 6.45) is 4.66. The van der Waals surface area contributed by atoms with E-state index in [1.165, 1.54) is 0 Å². The molecule has 22 heavy (non-hydrogen) atoms. The number of hydrogen-bond acceptors (Lipinski definition) is 9. The van der Waals surface area contributed by atoms with E-state index in [-0.39, 0.29) is 0 Å². The van der Waals surface area contributed by atoms with Crippen molar-refractivity contribution in [3.63, 3.8) is 0 Å². The van der Waals surface area contributed by atoms with Crippen LogP contribution in [-0.2, 0) is 22.3 Å². The van der Waals surface area contributed by atoms with Gasteiger partial charge in [0, 0.05) is 0 Å². The molecular weight excluding hydrogens is 361 g/mol. The van der Waals surface area contributed by atoms with Gasteiger partial charge in [-0.3, -0.25) is 0 Å². The molecule has 0 bridgehead atoms. The Bertz CT molecular complexity index is 539. The number of hydrogen-bond donors (Lipinski definition) is 6. The monoisotopic (exact) mass is 380 g/mol. The standard InChI is InChI=1S/C8H19N2O9P3/c11-20(12)10-8-5-3-1-2-4-7(8)9-6-17-21(13,14)19-22(15,16)18-20/h5,7,9-12,20H,1-4,6H2,(H,13,14)(H,15,16)/t7-/m1/s1. The van der Waals surface area contributed by atoms with Gasteiger partial charge >= 0.3 is 126 Å². The Hall–Kier alpha value is 0.110. The molecule has 2 aliphatic rings. The summed E-state index contributed by atoms with van der Waals surface area (Å²) in [6, 6.07) is -0.423. The van der Waals surface area contributed by atoms with Crippen LogP contribution >= 0.6 is 23.7 Å². The van der Waals surface area contributed by atoms with Crippen molar-refractivity contribution in [1.29, 1.82) is 0 Å². The predicted molar refractivity (Wildman–Crippen MR) is 77.1 cm³/mol. The number of nitrogens with one attached hydrogen (secondary N) is 2. The summed E-state index contributed by atoms with van der Waals surface area (Å²) >= 11 is 0. The van der Waals surface area contributed by atoms with Crippen LogP contribution in [0.4, 0.5) is 0 Å². The van der Waals surface area contributed by atoms with Crippen molar-refractivity contribution < 1.29 is 41.8 Å². The summed E-state index contributed by atoms with van der Waals surface area (Å²) in [4.78, 5) is 38.3. The number of phosphoric ester groups is 1. The van der Waals surface area contributed by atoms with Crippen molar-refractivity contribution in [3.05, 3.63) is 11.8 Å². The molecule has 1 fully saturated rings. The van der Waals surface area contributed by atoms with Crippen LogP contribution in [0.3, 0.4) is 0 Å². The van der Waals surface area contributed by atoms with Crippen LogP contribution in [0.1, 0.15) is 25.7 Å². The van der Waals surface area contributed by atoms with Crippen molar-refractivity contribution in [2.75, 3.05) is 6.73 Å². The second kappa shape index (κ2) is 6.93. The molecule has 3 atom stereocenters. The maximum atomic E-state index is 11.6. The SMILES string of the molecule is O=P1(O)OCN[C@@H]2CCCCC=C2N[PH](O)(O)OP(=O)(O)O1. The number of phosphoric acid groups is 2. The molecule has 11 nitrogen and oxygen atoms in total. The molecule has 0 spiro atoms. The third-order valence-electron chi connectivity index (χ3n) is 3.00. The first kappa shape index (κ1) is 18.4. The Balaban J connectivity index is 2.29. The van der Waals surface area contributed by atoms with E-state index < -0.39 is 36.5 Å². The first-order valence-corrected chi connectivity index (χ1v) is 11.3. The van der Waals surface area contributed by atoms with Gasteiger partial charge in [-0.05, 0) is 0 Å². The Labute approximate surface area is 127 Å². The van der Waals surface area contributed by atoms with E-state index in [4.69, 9.17) is 0 Å². The zero-order valence-electron chi connectivity index (χ0n) is 11.4. The Morgan fingerprint density at radius 1 is 1.23 bits per heavy atom. The van der Waals surface area contributed by atoms with E-state index in [0.29, 0.717) is 18.5 Å². The van der Waals surface area contributed by atoms with Gasteiger partial charge in [-0.1, -0.05) is 0 Å². The van der Waals surface area contributed by atoms with Gasteiger partial charge in [0.15, 0.2) is 0 Å². The number of fused-ring (bicyclic) bond motifs is 1. The summed E-state index contributed by atoms with van der Waals surface area (Å²) in [5, 5.41) is 5.09. The van der Waals surface area contributed by atoms with E-state index in [1.807, 2.05) is 0 Å². The third-order valence-corrected chi connectivity index (χ3v) is 7.66. The van der Waals surface area contributed by atoms with E-state index in [1.54, 1.807) is 6.08 Å². The molecule has 1 aliphatic carbocycles. The first-order valence-electron chi connectivity index (χ1n) is 6.47. The second-order valence-electron chi connectivity index (χ2n) is 4.82. The average Bonchev–Trinajstić information content (AvgIpc) is 2.50. The summed E-state index contributed by atoms with van der Waals surface area (Å²) in [5.41, 5.74) is 0.354. The van der Waals surface area contributed by atoms with E-state index in [9.17, 15) is 28.7 Å². The van der Waals surface area contributed by atoms with Gasteiger partial charge < -0.3 is 0 Å². The zero-order chi connectivity index (χ0) is 16.4. The normalized spacial score (nSPS) is 41.8. The van der Waals surface area contributed by atoms with Gasteiger partial charge in [-0.15, -0.1) is 0 Å². The van der Waals surface area contributed by atoms with Crippen molar-refractivity contribution in [1.82, 2.24) is 10.4 Å². The molecule has 1 heterocycles. The van der Waals surface area contributed by atoms with Crippen molar-refractivity contribution in [3.8, 4) is 0 Å². The molecule has 6 N–H and O–H groups in total. The van der Waals surface area contributed by atoms with Crippen LogP contribution in [0.15, 0.2) is 11.8 Å². The van der Waals surface area contributed by atoms with Gasteiger partial charge in [0.1, 0.15) is 0 Å². The zero-order valence-corrected chi connectivity index (χ0v) is 14.2. The topological polar surface area (TPSA) is 167 Å². The number of rotatable bonds is 0. The van der Waals surface area contributed by atoms with Gasteiger partial charge in [-0.25, -0.2) is 0 Å². The van der Waals surface area contributed by atoms with Crippen LogP contribution in [0.5, 0.6) is 0 Å². The van der Waals surface area contributed by atoms with Crippen LogP contribution in [0.2, 0.25) is 0 Å². The molecule has 0 aromatic rings. The van der Waals surface area contributed by atoms with Crippen molar-refractivity contribution >= 4 is 23.7 Å². The third kappa shape index (κ3) is 5.63. The molecule has 1 saturated heterocycles. The average molecular weight is 380 g/mol. The molecule has 0 amide bonds. The summed E-state index contributed by atoms with van der Waals surface area (Å²) in [5.74, 6) is 0. The van der Waals surface area contributed by atoms with Gasteiger partial charge in [0.05, 0.1) is 0 Å². The fourth-order valence-electron chi connectivity index (χ4n) is 2.16. The molecule has 0 aromatic carbocycles. The van der Waals surface area contributed by atoms with Crippen molar-refractivity contribution in [2.24, 2.45) is 0 Å². The summed E-state index contributed by atoms with van der Waals surface area (Å²) in [7, 11) is -15.0. The Morgan fingerprint density at radius 3 is 2.68 bits per heavy atom. The Morgan fingerprint density at radius 2 is 1.95 bits per heavy atom. The Kier molecular flexibility index (Phi) is 5.81. The summed E-state index contributed by atoms with van der Waals surface area (Å²) in [6.45, 7) is -0.442. The van der Waals surface area contributed by atoms with Crippen LogP contribution in [0.25, 0.3) is 0 Å². The molecule has 0 radical (unpaired) electrons. The van der Waals surface area contributed by atoms with Crippen LogP contribution in [0, 0.1) is 0 Å². The molecule has 2 unspecified atom stereocenters. The first-order chi connectivity index (χ1) is 10.1. The van der Waals surface area contributed by atoms with Gasteiger partial charge in [-0.2, -0.15) is 0 Å². The maximum absolute atomic E-state index is 11.6. The van der Waals surface area contributed by atoms with Gasteiger partial charge in [0.2, 0.25) is 0 Å². The van der Waals surface area contributed by atoms with E-state index >= 15 is 0 Å². The molecule has 2 rings (SSSR count). The van der Waals surface area contributed by atoms with Crippen molar-refractivity contribution in [2.45, 2.75) is 31.7 Å². The molecule has 1 aliphatic heterocycles. The molecule has 130 valence electrons. The quantitative estimate of drug-likeness (QED) is 0.326.